The number of fused-ring (bicyclic) bond motifs is 1. The minimum Gasteiger partial charge on any atom is -0.395 e. The molecular formula is C10H12N4O3. The summed E-state index contributed by atoms with van der Waals surface area (Å²) in [6.45, 7) is 0.215. The second kappa shape index (κ2) is 4.38. The molecule has 0 radical (unpaired) electrons. The van der Waals surface area contributed by atoms with Crippen molar-refractivity contribution in [3.8, 4) is 0 Å². The van der Waals surface area contributed by atoms with Gasteiger partial charge in [-0.25, -0.2) is 0 Å². The van der Waals surface area contributed by atoms with E-state index in [1.165, 1.54) is 4.40 Å². The Kier molecular flexibility index (Phi) is 2.92. The molecule has 0 spiro atoms. The van der Waals surface area contributed by atoms with E-state index in [-0.39, 0.29) is 18.2 Å². The Hall–Kier alpha value is -2.15. The number of aliphatic hydroxyl groups is 1. The van der Waals surface area contributed by atoms with Gasteiger partial charge in [0, 0.05) is 19.7 Å². The molecule has 2 rings (SSSR count). The molecule has 0 saturated carbocycles. The van der Waals surface area contributed by atoms with E-state index in [2.05, 4.69) is 4.98 Å². The van der Waals surface area contributed by atoms with Crippen LogP contribution in [0.3, 0.4) is 0 Å². The summed E-state index contributed by atoms with van der Waals surface area (Å²) in [7, 11) is 1.66. The van der Waals surface area contributed by atoms with Gasteiger partial charge in [0.1, 0.15) is 0 Å². The van der Waals surface area contributed by atoms with Gasteiger partial charge >= 0.3 is 5.82 Å². The van der Waals surface area contributed by atoms with Gasteiger partial charge in [-0.15, -0.1) is 0 Å². The zero-order valence-corrected chi connectivity index (χ0v) is 9.28. The Morgan fingerprint density at radius 3 is 3.00 bits per heavy atom. The summed E-state index contributed by atoms with van der Waals surface area (Å²) >= 11 is 0. The lowest BCUT2D eigenvalue weighted by Crippen LogP contribution is -2.22. The van der Waals surface area contributed by atoms with Crippen LogP contribution in [0.1, 0.15) is 0 Å². The fraction of sp³-hybridized carbons (Fsp3) is 0.300. The van der Waals surface area contributed by atoms with E-state index in [9.17, 15) is 10.1 Å². The molecule has 0 fully saturated rings. The zero-order valence-electron chi connectivity index (χ0n) is 9.28. The van der Waals surface area contributed by atoms with Crippen LogP contribution in [0, 0.1) is 10.1 Å². The smallest absolute Gasteiger partial charge is 0.372 e. The summed E-state index contributed by atoms with van der Waals surface area (Å²) in [5.41, 5.74) is 0.513. The lowest BCUT2D eigenvalue weighted by Gasteiger charge is -2.13. The van der Waals surface area contributed by atoms with Gasteiger partial charge in [0.05, 0.1) is 12.8 Å². The van der Waals surface area contributed by atoms with Gasteiger partial charge < -0.3 is 20.1 Å². The molecule has 7 nitrogen and oxygen atoms in total. The highest BCUT2D eigenvalue weighted by Gasteiger charge is 2.24. The van der Waals surface area contributed by atoms with Crippen molar-refractivity contribution in [2.45, 2.75) is 0 Å². The van der Waals surface area contributed by atoms with Crippen molar-refractivity contribution in [1.82, 2.24) is 9.38 Å². The Balaban J connectivity index is 2.61. The van der Waals surface area contributed by atoms with E-state index in [0.29, 0.717) is 12.2 Å². The van der Waals surface area contributed by atoms with Gasteiger partial charge in [-0.1, -0.05) is 6.07 Å². The second-order valence-electron chi connectivity index (χ2n) is 3.59. The highest BCUT2D eigenvalue weighted by atomic mass is 16.6. The van der Waals surface area contributed by atoms with Crippen molar-refractivity contribution >= 4 is 17.3 Å². The number of anilines is 1. The summed E-state index contributed by atoms with van der Waals surface area (Å²) < 4.78 is 1.42. The topological polar surface area (TPSA) is 83.9 Å². The molecule has 17 heavy (non-hydrogen) atoms. The monoisotopic (exact) mass is 236 g/mol. The third-order valence-electron chi connectivity index (χ3n) is 2.46. The molecule has 2 aromatic heterocycles. The normalized spacial score (nSPS) is 10.7. The van der Waals surface area contributed by atoms with Gasteiger partial charge in [-0.3, -0.25) is 0 Å². The number of aliphatic hydroxyl groups excluding tert-OH is 1. The second-order valence-corrected chi connectivity index (χ2v) is 3.59. The van der Waals surface area contributed by atoms with Crippen molar-refractivity contribution in [2.24, 2.45) is 0 Å². The van der Waals surface area contributed by atoms with E-state index >= 15 is 0 Å². The van der Waals surface area contributed by atoms with Crippen molar-refractivity contribution in [2.75, 3.05) is 25.1 Å². The molecular weight excluding hydrogens is 224 g/mol. The van der Waals surface area contributed by atoms with Crippen LogP contribution in [0.4, 0.5) is 11.6 Å². The van der Waals surface area contributed by atoms with Gasteiger partial charge in [-0.2, -0.15) is 9.38 Å². The summed E-state index contributed by atoms with van der Waals surface area (Å²) in [6.07, 6.45) is 1.59. The number of aromatic nitrogens is 2. The summed E-state index contributed by atoms with van der Waals surface area (Å²) in [4.78, 5) is 16.3. The third kappa shape index (κ3) is 1.92. The molecule has 0 aliphatic carbocycles. The van der Waals surface area contributed by atoms with Gasteiger partial charge in [-0.05, 0) is 11.0 Å². The zero-order chi connectivity index (χ0) is 12.4. The van der Waals surface area contributed by atoms with E-state index in [0.717, 1.165) is 0 Å². The highest BCUT2D eigenvalue weighted by Crippen LogP contribution is 2.27. The molecule has 1 N–H and O–H groups in total. The lowest BCUT2D eigenvalue weighted by atomic mass is 10.5. The molecule has 0 bridgehead atoms. The average molecular weight is 236 g/mol. The third-order valence-corrected chi connectivity index (χ3v) is 2.46. The predicted octanol–water partition coefficient (Wildman–Crippen LogP) is 0.671. The molecule has 2 aromatic rings. The number of hydrogen-bond acceptors (Lipinski definition) is 5. The largest absolute Gasteiger partial charge is 0.395 e. The van der Waals surface area contributed by atoms with Crippen LogP contribution >= 0.6 is 0 Å². The van der Waals surface area contributed by atoms with E-state index in [1.807, 2.05) is 0 Å². The van der Waals surface area contributed by atoms with Crippen LogP contribution in [0.15, 0.2) is 24.4 Å². The van der Waals surface area contributed by atoms with Crippen molar-refractivity contribution < 1.29 is 10.0 Å². The standard InChI is InChI=1S/C10H12N4O3/c1-12(6-7-15)9-10(14(16)17)13-5-3-2-4-8(13)11-9/h2-5,15H,6-7H2,1H3. The van der Waals surface area contributed by atoms with Crippen molar-refractivity contribution in [3.63, 3.8) is 0 Å². The molecule has 0 atom stereocenters. The van der Waals surface area contributed by atoms with E-state index < -0.39 is 4.92 Å². The summed E-state index contributed by atoms with van der Waals surface area (Å²) in [5.74, 6) is 0.173. The molecule has 0 unspecified atom stereocenters. The highest BCUT2D eigenvalue weighted by molar-refractivity contribution is 5.63. The fourth-order valence-electron chi connectivity index (χ4n) is 1.65. The van der Waals surface area contributed by atoms with Crippen molar-refractivity contribution in [1.29, 1.82) is 0 Å². The number of hydrogen-bond donors (Lipinski definition) is 1. The van der Waals surface area contributed by atoms with Gasteiger partial charge in [0.25, 0.3) is 0 Å². The number of nitrogens with zero attached hydrogens (tertiary/aromatic N) is 4. The van der Waals surface area contributed by atoms with Gasteiger partial charge in [0.2, 0.25) is 11.5 Å². The molecule has 7 heteroatoms. The fourth-order valence-corrected chi connectivity index (χ4v) is 1.65. The minimum atomic E-state index is -0.469. The summed E-state index contributed by atoms with van der Waals surface area (Å²) in [6, 6.07) is 5.17. The first kappa shape index (κ1) is 11.3. The Morgan fingerprint density at radius 1 is 1.59 bits per heavy atom. The van der Waals surface area contributed by atoms with E-state index in [4.69, 9.17) is 5.11 Å². The number of nitro groups is 1. The van der Waals surface area contributed by atoms with Crippen molar-refractivity contribution in [3.05, 3.63) is 34.5 Å². The van der Waals surface area contributed by atoms with Gasteiger partial charge in [0.15, 0.2) is 0 Å². The molecule has 0 aliphatic heterocycles. The SMILES string of the molecule is CN(CCO)c1nc2ccccn2c1[N+](=O)[O-]. The summed E-state index contributed by atoms with van der Waals surface area (Å²) in [5, 5.41) is 19.9. The van der Waals surface area contributed by atoms with Crippen LogP contribution in [0.5, 0.6) is 0 Å². The molecule has 0 amide bonds. The molecule has 0 aromatic carbocycles. The first-order valence-electron chi connectivity index (χ1n) is 5.08. The quantitative estimate of drug-likeness (QED) is 0.623. The number of imidazole rings is 1. The maximum Gasteiger partial charge on any atom is 0.372 e. The molecule has 90 valence electrons. The first-order chi connectivity index (χ1) is 8.15. The maximum absolute atomic E-state index is 11.1. The van der Waals surface area contributed by atoms with Crippen LogP contribution in [0.2, 0.25) is 0 Å². The lowest BCUT2D eigenvalue weighted by molar-refractivity contribution is -0.389. The average Bonchev–Trinajstić information content (AvgIpc) is 2.68. The first-order valence-corrected chi connectivity index (χ1v) is 5.08. The molecule has 0 saturated heterocycles. The Bertz CT molecular complexity index is 551. The van der Waals surface area contributed by atoms with Crippen LogP contribution in [-0.2, 0) is 0 Å². The van der Waals surface area contributed by atoms with E-state index in [1.54, 1.807) is 36.3 Å². The maximum atomic E-state index is 11.1. The number of pyridine rings is 1. The van der Waals surface area contributed by atoms with Crippen LogP contribution in [0.25, 0.3) is 5.65 Å². The molecule has 0 aliphatic rings. The number of rotatable bonds is 4. The minimum absolute atomic E-state index is 0.0818. The number of likely N-dealkylation sites (N-methyl/N-ethyl adjacent to an activating group) is 1. The Morgan fingerprint density at radius 2 is 2.35 bits per heavy atom. The molecule has 2 heterocycles. The van der Waals surface area contributed by atoms with Crippen LogP contribution < -0.4 is 4.90 Å². The van der Waals surface area contributed by atoms with Crippen LogP contribution in [-0.4, -0.2) is 39.6 Å². The Labute approximate surface area is 97.1 Å². The predicted molar refractivity (Wildman–Crippen MR) is 62.2 cm³/mol.